The number of ether oxygens (including phenoxy) is 1. The van der Waals surface area contributed by atoms with Crippen molar-refractivity contribution in [2.45, 2.75) is 25.3 Å². The number of benzene rings is 2. The van der Waals surface area contributed by atoms with Gasteiger partial charge in [-0.05, 0) is 67.5 Å². The molecular formula is C30H31Cl2FN6O5S. The standard InChI is InChI=1S/C30H31Cl2FN6O5S/c1-37-15-21(31)24-22(37)8-7-20(25(24)33)29(40)39-14-18(16-9-11-38(12-10-16)45(2,42)43)13-23(39)28-35-26(27(32)36-28)17-3-5-19(6-4-17)44-30(34)41/h3-8,15-16,18,23H,9-14H2,1-2H3,(H2,34,41)(H,35,36)/t18-,23-/m0/s1. The van der Waals surface area contributed by atoms with Gasteiger partial charge in [-0.1, -0.05) is 23.2 Å². The van der Waals surface area contributed by atoms with Crippen LogP contribution in [0.25, 0.3) is 22.2 Å². The van der Waals surface area contributed by atoms with Crippen molar-refractivity contribution in [1.82, 2.24) is 23.7 Å². The predicted octanol–water partition coefficient (Wildman–Crippen LogP) is 5.35. The number of sulfonamides is 1. The molecule has 3 N–H and O–H groups in total. The number of imidazole rings is 1. The van der Waals surface area contributed by atoms with Gasteiger partial charge >= 0.3 is 6.09 Å². The molecule has 2 aromatic carbocycles. The highest BCUT2D eigenvalue weighted by molar-refractivity contribution is 7.88. The number of amides is 2. The van der Waals surface area contributed by atoms with Gasteiger partial charge in [0.25, 0.3) is 5.91 Å². The minimum Gasteiger partial charge on any atom is -0.411 e. The number of nitrogens with zero attached hydrogens (tertiary/aromatic N) is 4. The fraction of sp³-hybridized carbons (Fsp3) is 0.367. The lowest BCUT2D eigenvalue weighted by molar-refractivity contribution is 0.0716. The van der Waals surface area contributed by atoms with Gasteiger partial charge in [0.1, 0.15) is 17.4 Å². The fourth-order valence-corrected chi connectivity index (χ4v) is 8.06. The van der Waals surface area contributed by atoms with E-state index in [4.69, 9.17) is 33.7 Å². The predicted molar refractivity (Wildman–Crippen MR) is 168 cm³/mol. The molecule has 0 bridgehead atoms. The number of H-pyrrole nitrogens is 1. The van der Waals surface area contributed by atoms with Gasteiger partial charge in [-0.15, -0.1) is 0 Å². The van der Waals surface area contributed by atoms with E-state index in [1.54, 1.807) is 53.0 Å². The Balaban J connectivity index is 1.33. The number of nitrogens with two attached hydrogens (primary N) is 1. The van der Waals surface area contributed by atoms with Crippen molar-refractivity contribution in [2.24, 2.45) is 24.6 Å². The largest absolute Gasteiger partial charge is 0.411 e. The SMILES string of the molecule is Cn1cc(Cl)c2c(F)c(C(=O)N3C[C@@H](C4CCN(S(C)(=O)=O)CC4)C[C@H]3c3nc(Cl)c(-c4ccc(OC(N)=O)cc4)[nH]3)ccc21. The Kier molecular flexibility index (Phi) is 8.31. The van der Waals surface area contributed by atoms with Gasteiger partial charge in [0.15, 0.2) is 5.15 Å². The molecule has 2 aromatic heterocycles. The first-order chi connectivity index (χ1) is 21.3. The first-order valence-electron chi connectivity index (χ1n) is 14.3. The summed E-state index contributed by atoms with van der Waals surface area (Å²) in [5, 5.41) is 0.565. The van der Waals surface area contributed by atoms with Crippen LogP contribution < -0.4 is 10.5 Å². The second kappa shape index (κ2) is 11.9. The van der Waals surface area contributed by atoms with E-state index in [1.165, 1.54) is 16.6 Å². The summed E-state index contributed by atoms with van der Waals surface area (Å²) in [4.78, 5) is 34.7. The molecule has 2 atom stereocenters. The van der Waals surface area contributed by atoms with Crippen LogP contribution in [0.15, 0.2) is 42.6 Å². The van der Waals surface area contributed by atoms with E-state index in [1.807, 2.05) is 0 Å². The molecule has 0 unspecified atom stereocenters. The number of carbonyl (C=O) groups is 2. The molecule has 2 aliphatic rings. The molecule has 2 fully saturated rings. The van der Waals surface area contributed by atoms with Crippen molar-refractivity contribution < 1.29 is 27.1 Å². The van der Waals surface area contributed by atoms with Crippen molar-refractivity contribution in [1.29, 1.82) is 0 Å². The molecule has 4 aromatic rings. The Morgan fingerprint density at radius 1 is 1.09 bits per heavy atom. The topological polar surface area (TPSA) is 144 Å². The summed E-state index contributed by atoms with van der Waals surface area (Å²) in [6.45, 7) is 1.14. The summed E-state index contributed by atoms with van der Waals surface area (Å²) >= 11 is 12.9. The molecule has 0 saturated carbocycles. The number of hydrogen-bond donors (Lipinski definition) is 2. The number of hydrogen-bond acceptors (Lipinski definition) is 6. The molecule has 238 valence electrons. The van der Waals surface area contributed by atoms with Crippen LogP contribution in [0.1, 0.15) is 41.5 Å². The van der Waals surface area contributed by atoms with Gasteiger partial charge in [0.2, 0.25) is 10.0 Å². The smallest absolute Gasteiger partial charge is 0.409 e. The van der Waals surface area contributed by atoms with E-state index in [0.29, 0.717) is 61.5 Å². The number of carbonyl (C=O) groups excluding carboxylic acids is 2. The molecule has 2 amide bonds. The van der Waals surface area contributed by atoms with Crippen LogP contribution in [0.2, 0.25) is 10.2 Å². The van der Waals surface area contributed by atoms with Gasteiger partial charge in [-0.25, -0.2) is 26.9 Å². The summed E-state index contributed by atoms with van der Waals surface area (Å²) in [6.07, 6.45) is 3.70. The Bertz CT molecular complexity index is 1900. The third-order valence-electron chi connectivity index (χ3n) is 8.86. The molecule has 6 rings (SSSR count). The first-order valence-corrected chi connectivity index (χ1v) is 16.9. The second-order valence-electron chi connectivity index (χ2n) is 11.6. The number of nitrogens with one attached hydrogen (secondary N) is 1. The monoisotopic (exact) mass is 676 g/mol. The minimum absolute atomic E-state index is 0.0188. The molecule has 45 heavy (non-hydrogen) atoms. The van der Waals surface area contributed by atoms with Crippen LogP contribution in [-0.4, -0.2) is 70.0 Å². The van der Waals surface area contributed by atoms with Gasteiger partial charge < -0.3 is 24.9 Å². The number of fused-ring (bicyclic) bond motifs is 1. The number of piperidine rings is 1. The van der Waals surface area contributed by atoms with Crippen molar-refractivity contribution in [3.63, 3.8) is 0 Å². The van der Waals surface area contributed by atoms with E-state index in [0.717, 1.165) is 0 Å². The molecule has 0 aliphatic carbocycles. The number of aryl methyl sites for hydroxylation is 1. The van der Waals surface area contributed by atoms with Gasteiger partial charge in [0, 0.05) is 38.4 Å². The molecule has 0 radical (unpaired) electrons. The third kappa shape index (κ3) is 6.01. The zero-order valence-electron chi connectivity index (χ0n) is 24.5. The Labute approximate surface area is 269 Å². The van der Waals surface area contributed by atoms with Crippen molar-refractivity contribution >= 4 is 56.1 Å². The van der Waals surface area contributed by atoms with Crippen molar-refractivity contribution in [3.05, 3.63) is 70.0 Å². The number of likely N-dealkylation sites (tertiary alicyclic amines) is 1. The Morgan fingerprint density at radius 2 is 1.78 bits per heavy atom. The van der Waals surface area contributed by atoms with Gasteiger partial charge in [0.05, 0.1) is 39.5 Å². The van der Waals surface area contributed by atoms with Crippen LogP contribution in [0.3, 0.4) is 0 Å². The number of halogens is 3. The van der Waals surface area contributed by atoms with Crippen molar-refractivity contribution in [3.8, 4) is 17.0 Å². The number of rotatable bonds is 6. The highest BCUT2D eigenvalue weighted by Gasteiger charge is 2.43. The lowest BCUT2D eigenvalue weighted by Gasteiger charge is -2.33. The van der Waals surface area contributed by atoms with Crippen LogP contribution in [0, 0.1) is 17.7 Å². The van der Waals surface area contributed by atoms with Crippen LogP contribution >= 0.6 is 23.2 Å². The van der Waals surface area contributed by atoms with E-state index in [-0.39, 0.29) is 38.7 Å². The molecular weight excluding hydrogens is 646 g/mol. The van der Waals surface area contributed by atoms with E-state index >= 15 is 4.39 Å². The minimum atomic E-state index is -3.29. The van der Waals surface area contributed by atoms with Gasteiger partial charge in [-0.3, -0.25) is 4.79 Å². The lowest BCUT2D eigenvalue weighted by atomic mass is 9.83. The zero-order chi connectivity index (χ0) is 32.2. The van der Waals surface area contributed by atoms with E-state index < -0.39 is 33.9 Å². The molecule has 2 aliphatic heterocycles. The maximum absolute atomic E-state index is 15.9. The summed E-state index contributed by atoms with van der Waals surface area (Å²) in [7, 11) is -1.54. The van der Waals surface area contributed by atoms with E-state index in [2.05, 4.69) is 9.97 Å². The van der Waals surface area contributed by atoms with Gasteiger partial charge in [-0.2, -0.15) is 0 Å². The normalized spacial score (nSPS) is 19.8. The molecule has 4 heterocycles. The zero-order valence-corrected chi connectivity index (χ0v) is 26.8. The third-order valence-corrected chi connectivity index (χ3v) is 10.7. The number of primary amides is 1. The molecule has 15 heteroatoms. The first kappa shape index (κ1) is 31.3. The maximum Gasteiger partial charge on any atom is 0.409 e. The van der Waals surface area contributed by atoms with Crippen LogP contribution in [-0.2, 0) is 17.1 Å². The van der Waals surface area contributed by atoms with E-state index in [9.17, 15) is 18.0 Å². The van der Waals surface area contributed by atoms with Crippen LogP contribution in [0.5, 0.6) is 5.75 Å². The summed E-state index contributed by atoms with van der Waals surface area (Å²) in [5.74, 6) is -0.319. The quantitative estimate of drug-likeness (QED) is 0.282. The maximum atomic E-state index is 15.9. The summed E-state index contributed by atoms with van der Waals surface area (Å²) in [6, 6.07) is 9.09. The average Bonchev–Trinajstić information content (AvgIpc) is 3.68. The summed E-state index contributed by atoms with van der Waals surface area (Å²) in [5.41, 5.74) is 6.72. The number of aromatic nitrogens is 3. The average molecular weight is 678 g/mol. The lowest BCUT2D eigenvalue weighted by Crippen LogP contribution is -2.40. The Hall–Kier alpha value is -3.65. The highest BCUT2D eigenvalue weighted by atomic mass is 35.5. The second-order valence-corrected chi connectivity index (χ2v) is 14.4. The fourth-order valence-electron chi connectivity index (χ4n) is 6.61. The molecule has 2 saturated heterocycles. The highest BCUT2D eigenvalue weighted by Crippen LogP contribution is 2.44. The van der Waals surface area contributed by atoms with Crippen molar-refractivity contribution in [2.75, 3.05) is 25.9 Å². The Morgan fingerprint density at radius 3 is 2.42 bits per heavy atom. The van der Waals surface area contributed by atoms with Crippen LogP contribution in [0.4, 0.5) is 9.18 Å². The molecule has 11 nitrogen and oxygen atoms in total. The number of aromatic amines is 1. The molecule has 0 spiro atoms. The summed E-state index contributed by atoms with van der Waals surface area (Å²) < 4.78 is 48.2.